The Bertz CT molecular complexity index is 284. The maximum Gasteiger partial charge on any atom is 0.417 e. The first kappa shape index (κ1) is 14.2. The second kappa shape index (κ2) is 4.40. The molecule has 0 aromatic carbocycles. The fourth-order valence-electron chi connectivity index (χ4n) is 0.311. The molecule has 0 aliphatic rings. The Balaban J connectivity index is 4.54. The van der Waals surface area contributed by atoms with E-state index in [1.165, 1.54) is 0 Å². The molecule has 6 N–H and O–H groups in total. The van der Waals surface area contributed by atoms with Crippen molar-refractivity contribution >= 4 is 44.8 Å². The summed E-state index contributed by atoms with van der Waals surface area (Å²) in [6.07, 6.45) is 0. The standard InChI is InChI=1S/H6NO7P3S2/c1-9(2,7-10(3,4)12)8-11(5,6)13/h(H2,1,2)(H2,3,4,12)(H2,5,6,13). The van der Waals surface area contributed by atoms with Gasteiger partial charge in [-0.05, 0) is 23.6 Å². The maximum atomic E-state index is 10.9. The van der Waals surface area contributed by atoms with Crippen LogP contribution in [0.25, 0.3) is 0 Å². The fraction of sp³-hybridized carbons (Fsp3) is 0. The summed E-state index contributed by atoms with van der Waals surface area (Å²) < 4.78 is 18.4. The Morgan fingerprint density at radius 1 is 1.00 bits per heavy atom. The molecule has 0 aliphatic heterocycles. The predicted octanol–water partition coefficient (Wildman–Crippen LogP) is -0.495. The molecule has 0 atom stereocenters. The maximum absolute atomic E-state index is 10.9. The molecule has 13 heteroatoms. The normalized spacial score (nSPS) is 14.5. The Labute approximate surface area is 83.4 Å². The summed E-state index contributed by atoms with van der Waals surface area (Å²) in [5.74, 6) is 0. The van der Waals surface area contributed by atoms with Gasteiger partial charge in [0.15, 0.2) is 0 Å². The minimum Gasteiger partial charge on any atom is -0.324 e. The molecule has 0 unspecified atom stereocenters. The molecule has 8 nitrogen and oxygen atoms in total. The minimum absolute atomic E-state index is 3.79. The molecule has 0 amide bonds. The summed E-state index contributed by atoms with van der Waals surface area (Å²) in [7, 11) is -4.55. The molecule has 0 saturated heterocycles. The highest BCUT2D eigenvalue weighted by Crippen LogP contribution is 2.62. The average molecular weight is 289 g/mol. The van der Waals surface area contributed by atoms with Crippen LogP contribution in [0.5, 0.6) is 0 Å². The lowest BCUT2D eigenvalue weighted by Crippen LogP contribution is -2.01. The third-order valence-corrected chi connectivity index (χ3v) is 5.16. The van der Waals surface area contributed by atoms with E-state index >= 15 is 0 Å². The van der Waals surface area contributed by atoms with Crippen molar-refractivity contribution in [1.29, 1.82) is 0 Å². The van der Waals surface area contributed by atoms with Gasteiger partial charge in [0.25, 0.3) is 0 Å². The Kier molecular flexibility index (Phi) is 4.83. The van der Waals surface area contributed by atoms with Gasteiger partial charge in [0.1, 0.15) is 0 Å². The molecular weight excluding hydrogens is 283 g/mol. The van der Waals surface area contributed by atoms with Crippen LogP contribution in [-0.4, -0.2) is 19.6 Å². The molecule has 0 rings (SSSR count). The van der Waals surface area contributed by atoms with Crippen LogP contribution < -0.4 is 5.50 Å². The van der Waals surface area contributed by atoms with Gasteiger partial charge in [-0.15, -0.1) is 0 Å². The van der Waals surface area contributed by atoms with E-state index in [0.717, 1.165) is 0 Å². The largest absolute Gasteiger partial charge is 0.417 e. The monoisotopic (exact) mass is 289 g/mol. The van der Waals surface area contributed by atoms with Gasteiger partial charge in [0, 0.05) is 0 Å². The Hall–Kier alpha value is 1.25. The van der Waals surface area contributed by atoms with Crippen LogP contribution in [-0.2, 0) is 36.8 Å². The zero-order chi connectivity index (χ0) is 10.9. The van der Waals surface area contributed by atoms with Crippen molar-refractivity contribution in [3.63, 3.8) is 0 Å². The summed E-state index contributed by atoms with van der Waals surface area (Å²) in [6, 6.07) is 0. The van der Waals surface area contributed by atoms with Gasteiger partial charge in [-0.1, -0.05) is 0 Å². The molecule has 0 aromatic heterocycles. The topological polar surface area (TPSA) is 142 Å². The van der Waals surface area contributed by atoms with E-state index in [1.807, 2.05) is 0 Å². The highest BCUT2D eigenvalue weighted by atomic mass is 32.5. The molecule has 0 aromatic rings. The smallest absolute Gasteiger partial charge is 0.324 e. The van der Waals surface area contributed by atoms with Crippen molar-refractivity contribution < 1.29 is 32.8 Å². The first-order valence-electron chi connectivity index (χ1n) is 2.34. The molecule has 0 bridgehead atoms. The average Bonchev–Trinajstić information content (AvgIpc) is 1.43. The number of rotatable bonds is 4. The van der Waals surface area contributed by atoms with Crippen LogP contribution in [0.2, 0.25) is 0 Å². The van der Waals surface area contributed by atoms with Gasteiger partial charge in [-0.3, -0.25) is 0 Å². The number of nitrogens with two attached hydrogens (primary N) is 1. The van der Waals surface area contributed by atoms with Crippen LogP contribution >= 0.6 is 21.2 Å². The van der Waals surface area contributed by atoms with Crippen molar-refractivity contribution in [2.75, 3.05) is 0 Å². The summed E-state index contributed by atoms with van der Waals surface area (Å²) in [5.41, 5.74) is 4.68. The second-order valence-electron chi connectivity index (χ2n) is 1.68. The Morgan fingerprint density at radius 2 is 1.23 bits per heavy atom. The van der Waals surface area contributed by atoms with Crippen LogP contribution in [0.3, 0.4) is 0 Å². The van der Waals surface area contributed by atoms with Gasteiger partial charge in [0.2, 0.25) is 0 Å². The van der Waals surface area contributed by atoms with E-state index in [2.05, 4.69) is 37.7 Å². The van der Waals surface area contributed by atoms with E-state index < -0.39 is 21.2 Å². The van der Waals surface area contributed by atoms with Crippen molar-refractivity contribution in [1.82, 2.24) is 0 Å². The Morgan fingerprint density at radius 3 is 1.38 bits per heavy atom. The van der Waals surface area contributed by atoms with Crippen molar-refractivity contribution in [3.05, 3.63) is 0 Å². The van der Waals surface area contributed by atoms with Crippen LogP contribution in [0.4, 0.5) is 0 Å². The summed E-state index contributed by atoms with van der Waals surface area (Å²) in [5, 5.41) is 0. The third-order valence-electron chi connectivity index (χ3n) is 0.440. The van der Waals surface area contributed by atoms with Gasteiger partial charge >= 0.3 is 21.2 Å². The van der Waals surface area contributed by atoms with Gasteiger partial charge in [-0.2, -0.15) is 0 Å². The van der Waals surface area contributed by atoms with Crippen molar-refractivity contribution in [2.45, 2.75) is 0 Å². The van der Waals surface area contributed by atoms with Gasteiger partial charge in [0.05, 0.1) is 0 Å². The third kappa shape index (κ3) is 9.55. The molecule has 0 aliphatic carbocycles. The summed E-state index contributed by atoms with van der Waals surface area (Å²) in [4.78, 5) is 34.0. The molecule has 80 valence electrons. The fourth-order valence-corrected chi connectivity index (χ4v) is 4.74. The second-order valence-corrected chi connectivity index (χ2v) is 8.89. The van der Waals surface area contributed by atoms with E-state index in [-0.39, 0.29) is 0 Å². The van der Waals surface area contributed by atoms with E-state index in [9.17, 15) is 4.57 Å². The van der Waals surface area contributed by atoms with Crippen LogP contribution in [0.1, 0.15) is 0 Å². The lowest BCUT2D eigenvalue weighted by Gasteiger charge is -2.17. The SMILES string of the molecule is NP(=O)(OP(O)(O)=S)OP(O)(O)=S. The van der Waals surface area contributed by atoms with Crippen LogP contribution in [0, 0.1) is 0 Å². The quantitative estimate of drug-likeness (QED) is 0.430. The molecule has 0 spiro atoms. The number of hydrogen-bond donors (Lipinski definition) is 5. The molecular formula is H6NO7P3S2. The van der Waals surface area contributed by atoms with E-state index in [4.69, 9.17) is 19.6 Å². The lowest BCUT2D eigenvalue weighted by molar-refractivity contribution is 0.306. The zero-order valence-corrected chi connectivity index (χ0v) is 10.1. The first-order valence-corrected chi connectivity index (χ1v) is 9.20. The number of hydrogen-bond acceptors (Lipinski definition) is 5. The van der Waals surface area contributed by atoms with Gasteiger partial charge in [-0.25, -0.2) is 18.7 Å². The zero-order valence-electron chi connectivity index (χ0n) is 5.75. The first-order chi connectivity index (χ1) is 5.41. The van der Waals surface area contributed by atoms with E-state index in [0.29, 0.717) is 0 Å². The summed E-state index contributed by atoms with van der Waals surface area (Å²) in [6.45, 7) is -8.61. The van der Waals surface area contributed by atoms with Crippen molar-refractivity contribution in [3.8, 4) is 0 Å². The minimum atomic E-state index is -4.55. The van der Waals surface area contributed by atoms with Gasteiger partial charge < -0.3 is 19.6 Å². The van der Waals surface area contributed by atoms with E-state index in [1.54, 1.807) is 0 Å². The highest BCUT2D eigenvalue weighted by molar-refractivity contribution is 8.09. The van der Waals surface area contributed by atoms with Crippen LogP contribution in [0.15, 0.2) is 0 Å². The molecule has 0 radical (unpaired) electrons. The van der Waals surface area contributed by atoms with Crippen molar-refractivity contribution in [2.24, 2.45) is 5.50 Å². The molecule has 0 heterocycles. The highest BCUT2D eigenvalue weighted by Gasteiger charge is 2.32. The molecule has 0 fully saturated rings. The summed E-state index contributed by atoms with van der Waals surface area (Å²) >= 11 is 7.81. The molecule has 13 heavy (non-hydrogen) atoms. The lowest BCUT2D eigenvalue weighted by atomic mass is 13.9. The molecule has 0 saturated carbocycles. The predicted molar refractivity (Wildman–Crippen MR) is 51.4 cm³/mol.